The Morgan fingerprint density at radius 2 is 0.778 bits per heavy atom. The van der Waals surface area contributed by atoms with E-state index in [4.69, 9.17) is 28.1 Å². The molecule has 0 bridgehead atoms. The Bertz CT molecular complexity index is 69.1. The van der Waals surface area contributed by atoms with E-state index in [1.807, 2.05) is 0 Å². The van der Waals surface area contributed by atoms with E-state index in [9.17, 15) is 0 Å². The molecule has 9 heteroatoms. The zero-order valence-corrected chi connectivity index (χ0v) is 10.8. The van der Waals surface area contributed by atoms with Gasteiger partial charge in [-0.05, 0) is 0 Å². The van der Waals surface area contributed by atoms with Gasteiger partial charge in [-0.15, -0.1) is 0 Å². The summed E-state index contributed by atoms with van der Waals surface area (Å²) < 4.78 is 17.5. The largest absolute Gasteiger partial charge is 0.761 e. The van der Waals surface area contributed by atoms with Gasteiger partial charge in [0, 0.05) is 48.9 Å². The third-order valence-electron chi connectivity index (χ3n) is 0. The fraction of sp³-hybridized carbons (Fsp3) is 0. The minimum absolute atomic E-state index is 0. The van der Waals surface area contributed by atoms with Gasteiger partial charge < -0.3 is 19.2 Å². The Morgan fingerprint density at radius 3 is 0.778 bits per heavy atom. The molecule has 0 aliphatic heterocycles. The van der Waals surface area contributed by atoms with Gasteiger partial charge in [-0.25, -0.2) is 0 Å². The zero-order chi connectivity index (χ0) is 7.15. The van der Waals surface area contributed by atoms with Crippen molar-refractivity contribution >= 4 is 67.2 Å². The smallest absolute Gasteiger partial charge is 0.511 e. The summed E-state index contributed by atoms with van der Waals surface area (Å²) in [6, 6.07) is 0. The summed E-state index contributed by atoms with van der Waals surface area (Å²) in [5, 5.41) is 0. The first-order chi connectivity index (χ1) is 3.46. The van der Waals surface area contributed by atoms with Crippen molar-refractivity contribution in [1.29, 1.82) is 0 Å². The zero-order valence-electron chi connectivity index (χ0n) is 4.31. The van der Waals surface area contributed by atoms with Crippen LogP contribution < -0.4 is 0 Å². The topological polar surface area (TPSA) is 115 Å². The van der Waals surface area contributed by atoms with Gasteiger partial charge in [-0.1, -0.05) is 0 Å². The van der Waals surface area contributed by atoms with Crippen molar-refractivity contribution in [3.05, 3.63) is 0 Å². The maximum atomic E-state index is 8.74. The van der Waals surface area contributed by atoms with E-state index in [0.29, 0.717) is 0 Å². The minimum Gasteiger partial charge on any atom is -0.511 e. The van der Waals surface area contributed by atoms with Crippen LogP contribution in [-0.4, -0.2) is 86.4 Å². The van der Waals surface area contributed by atoms with Gasteiger partial charge >= 0.3 is 18.3 Å². The Morgan fingerprint density at radius 1 is 0.778 bits per heavy atom. The first-order valence-corrected chi connectivity index (χ1v) is 3.91. The van der Waals surface area contributed by atoms with Gasteiger partial charge in [0.2, 0.25) is 0 Å². The summed E-state index contributed by atoms with van der Waals surface area (Å²) in [7, 11) is -6.26. The van der Waals surface area contributed by atoms with E-state index in [1.54, 1.807) is 0 Å². The maximum absolute atomic E-state index is 8.74. The molecule has 6 nitrogen and oxygen atoms in total. The minimum atomic E-state index is -3.13. The molecule has 0 fully saturated rings. The van der Waals surface area contributed by atoms with Crippen LogP contribution in [0.2, 0.25) is 0 Å². The average molecular weight is 294 g/mol. The molecular formula is H4BaO6Si2. The van der Waals surface area contributed by atoms with Crippen LogP contribution in [0.15, 0.2) is 0 Å². The Labute approximate surface area is 94.0 Å². The van der Waals surface area contributed by atoms with Crippen LogP contribution in [0, 0.1) is 0 Å². The third kappa shape index (κ3) is 629. The van der Waals surface area contributed by atoms with E-state index in [2.05, 4.69) is 0 Å². The van der Waals surface area contributed by atoms with E-state index in [1.165, 1.54) is 0 Å². The van der Waals surface area contributed by atoms with Crippen LogP contribution in [0.25, 0.3) is 0 Å². The van der Waals surface area contributed by atoms with Crippen molar-refractivity contribution in [2.45, 2.75) is 0 Å². The number of hydrogen-bond acceptors (Lipinski definition) is 2. The van der Waals surface area contributed by atoms with Crippen LogP contribution in [0.5, 0.6) is 0 Å². The van der Waals surface area contributed by atoms with Crippen LogP contribution in [0.4, 0.5) is 0 Å². The van der Waals surface area contributed by atoms with Crippen molar-refractivity contribution in [2.24, 2.45) is 0 Å². The van der Waals surface area contributed by atoms with Crippen molar-refractivity contribution in [3.63, 3.8) is 0 Å². The van der Waals surface area contributed by atoms with Gasteiger partial charge in [-0.3, -0.25) is 8.92 Å². The standard InChI is InChI=1S/Ba.2H2O3Si/c;2*1-4(2)3/h;2*1-2H. The van der Waals surface area contributed by atoms with Crippen molar-refractivity contribution in [3.8, 4) is 0 Å². The van der Waals surface area contributed by atoms with Gasteiger partial charge in [0.05, 0.1) is 0 Å². The molecule has 0 rings (SSSR count). The van der Waals surface area contributed by atoms with E-state index >= 15 is 0 Å². The molecule has 0 aromatic rings. The SMILES string of the molecule is O=[Si](O)O.O=[Si](O)O.[Ba]. The van der Waals surface area contributed by atoms with Crippen LogP contribution >= 0.6 is 0 Å². The van der Waals surface area contributed by atoms with Crippen LogP contribution in [0.3, 0.4) is 0 Å². The average Bonchev–Trinajstić information content (AvgIpc) is 1.25. The summed E-state index contributed by atoms with van der Waals surface area (Å²) in [6.07, 6.45) is 0. The second kappa shape index (κ2) is 11.6. The second-order valence-electron chi connectivity index (χ2n) is 0.565. The van der Waals surface area contributed by atoms with Gasteiger partial charge in [0.1, 0.15) is 0 Å². The summed E-state index contributed by atoms with van der Waals surface area (Å²) in [6.45, 7) is 0. The van der Waals surface area contributed by atoms with Crippen molar-refractivity contribution in [1.82, 2.24) is 0 Å². The van der Waals surface area contributed by atoms with Gasteiger partial charge in [-0.2, -0.15) is 0 Å². The summed E-state index contributed by atoms with van der Waals surface area (Å²) >= 11 is 0. The van der Waals surface area contributed by atoms with Gasteiger partial charge in [0.25, 0.3) is 0 Å². The molecule has 2 radical (unpaired) electrons. The van der Waals surface area contributed by atoms with Crippen LogP contribution in [0.1, 0.15) is 0 Å². The first kappa shape index (κ1) is 16.4. The summed E-state index contributed by atoms with van der Waals surface area (Å²) in [5.74, 6) is 0. The third-order valence-corrected chi connectivity index (χ3v) is 0. The predicted molar refractivity (Wildman–Crippen MR) is 27.5 cm³/mol. The van der Waals surface area contributed by atoms with E-state index in [0.717, 1.165) is 0 Å². The van der Waals surface area contributed by atoms with Crippen molar-refractivity contribution in [2.75, 3.05) is 0 Å². The fourth-order valence-electron chi connectivity index (χ4n) is 0. The molecule has 0 aromatic heterocycles. The maximum Gasteiger partial charge on any atom is 0.761 e. The quantitative estimate of drug-likeness (QED) is 0.343. The Hall–Kier alpha value is 0.805. The first-order valence-electron chi connectivity index (χ1n) is 1.30. The second-order valence-corrected chi connectivity index (χ2v) is 1.70. The molecule has 0 spiro atoms. The number of rotatable bonds is 0. The molecular weight excluding hydrogens is 289 g/mol. The summed E-state index contributed by atoms with van der Waals surface area (Å²) in [5.41, 5.74) is 0. The molecule has 0 atom stereocenters. The van der Waals surface area contributed by atoms with Crippen molar-refractivity contribution < 1.29 is 28.1 Å². The Balaban J connectivity index is -0.0000000720. The molecule has 0 aromatic carbocycles. The van der Waals surface area contributed by atoms with Gasteiger partial charge in [0.15, 0.2) is 0 Å². The normalized spacial score (nSPS) is 5.33. The van der Waals surface area contributed by atoms with E-state index < -0.39 is 18.3 Å². The molecule has 0 aliphatic rings. The molecule has 9 heavy (non-hydrogen) atoms. The van der Waals surface area contributed by atoms with E-state index in [-0.39, 0.29) is 48.9 Å². The predicted octanol–water partition coefficient (Wildman–Crippen LogP) is -3.61. The molecule has 0 amide bonds. The Kier molecular flexibility index (Phi) is 21.1. The molecule has 0 heterocycles. The molecule has 0 aliphatic carbocycles. The summed E-state index contributed by atoms with van der Waals surface area (Å²) in [4.78, 5) is 28.6. The molecule has 0 saturated carbocycles. The number of hydrogen-bond donors (Lipinski definition) is 4. The monoisotopic (exact) mass is 294 g/mol. The molecule has 0 saturated heterocycles. The fourth-order valence-corrected chi connectivity index (χ4v) is 0. The molecule has 50 valence electrons. The molecule has 0 unspecified atom stereocenters. The molecule has 4 N–H and O–H groups in total. The van der Waals surface area contributed by atoms with Crippen LogP contribution in [-0.2, 0) is 8.92 Å².